The summed E-state index contributed by atoms with van der Waals surface area (Å²) in [6.07, 6.45) is 5.61. The minimum Gasteiger partial charge on any atom is -0.317 e. The van der Waals surface area contributed by atoms with Crippen LogP contribution in [0.1, 0.15) is 46.5 Å². The highest BCUT2D eigenvalue weighted by Crippen LogP contribution is 2.34. The van der Waals surface area contributed by atoms with Crippen molar-refractivity contribution < 1.29 is 0 Å². The zero-order chi connectivity index (χ0) is 10.9. The summed E-state index contributed by atoms with van der Waals surface area (Å²) in [4.78, 5) is 2.75. The quantitative estimate of drug-likeness (QED) is 0.714. The molecule has 2 saturated heterocycles. The first-order chi connectivity index (χ1) is 7.09. The Labute approximate surface area is 94.4 Å². The van der Waals surface area contributed by atoms with Gasteiger partial charge >= 0.3 is 0 Å². The Hall–Kier alpha value is -0.0800. The predicted octanol–water partition coefficient (Wildman–Crippen LogP) is 2.25. The first-order valence-corrected chi connectivity index (χ1v) is 6.56. The summed E-state index contributed by atoms with van der Waals surface area (Å²) in [5.41, 5.74) is 0.367. The van der Waals surface area contributed by atoms with E-state index in [1.807, 2.05) is 0 Å². The summed E-state index contributed by atoms with van der Waals surface area (Å²) in [5.74, 6) is 0.952. The Morgan fingerprint density at radius 1 is 1.07 bits per heavy atom. The number of hydrogen-bond acceptors (Lipinski definition) is 2. The van der Waals surface area contributed by atoms with E-state index in [0.717, 1.165) is 12.0 Å². The molecule has 0 aromatic rings. The van der Waals surface area contributed by atoms with Crippen LogP contribution in [0.3, 0.4) is 0 Å². The van der Waals surface area contributed by atoms with Crippen molar-refractivity contribution >= 4 is 0 Å². The van der Waals surface area contributed by atoms with Gasteiger partial charge in [-0.1, -0.05) is 0 Å². The summed E-state index contributed by atoms with van der Waals surface area (Å²) >= 11 is 0. The number of nitrogens with zero attached hydrogens (tertiary/aromatic N) is 1. The lowest BCUT2D eigenvalue weighted by Gasteiger charge is -2.41. The zero-order valence-corrected chi connectivity index (χ0v) is 10.6. The summed E-state index contributed by atoms with van der Waals surface area (Å²) in [5, 5.41) is 3.47. The predicted molar refractivity (Wildman–Crippen MR) is 65.1 cm³/mol. The van der Waals surface area contributed by atoms with E-state index < -0.39 is 0 Å². The van der Waals surface area contributed by atoms with Crippen molar-refractivity contribution in [2.75, 3.05) is 19.6 Å². The molecule has 2 heterocycles. The van der Waals surface area contributed by atoms with E-state index in [1.165, 1.54) is 45.3 Å². The van der Waals surface area contributed by atoms with Gasteiger partial charge in [0.15, 0.2) is 0 Å². The van der Waals surface area contributed by atoms with Gasteiger partial charge in [0.05, 0.1) is 0 Å². The van der Waals surface area contributed by atoms with Crippen LogP contribution in [0, 0.1) is 5.92 Å². The van der Waals surface area contributed by atoms with Crippen molar-refractivity contribution in [2.24, 2.45) is 5.92 Å². The standard InChI is InChI=1S/C13H26N2/c1-13(2,3)15-10-4-5-12(15)11-6-8-14-9-7-11/h11-12,14H,4-10H2,1-3H3. The average Bonchev–Trinajstić information content (AvgIpc) is 2.67. The van der Waals surface area contributed by atoms with Crippen molar-refractivity contribution in [2.45, 2.75) is 58.0 Å². The Balaban J connectivity index is 2.00. The molecule has 15 heavy (non-hydrogen) atoms. The Bertz CT molecular complexity index is 201. The molecule has 88 valence electrons. The number of likely N-dealkylation sites (tertiary alicyclic amines) is 1. The van der Waals surface area contributed by atoms with E-state index in [-0.39, 0.29) is 0 Å². The van der Waals surface area contributed by atoms with Crippen molar-refractivity contribution in [3.8, 4) is 0 Å². The average molecular weight is 210 g/mol. The lowest BCUT2D eigenvalue weighted by molar-refractivity contribution is 0.0751. The highest BCUT2D eigenvalue weighted by Gasteiger charge is 2.37. The second kappa shape index (κ2) is 4.42. The minimum atomic E-state index is 0.367. The molecular formula is C13H26N2. The second-order valence-electron chi connectivity index (χ2n) is 6.16. The van der Waals surface area contributed by atoms with Gasteiger partial charge in [0.1, 0.15) is 0 Å². The molecule has 1 atom stereocenters. The largest absolute Gasteiger partial charge is 0.317 e. The fraction of sp³-hybridized carbons (Fsp3) is 1.00. The molecule has 0 aromatic heterocycles. The monoisotopic (exact) mass is 210 g/mol. The summed E-state index contributed by atoms with van der Waals surface area (Å²) in [6, 6.07) is 0.868. The van der Waals surface area contributed by atoms with Gasteiger partial charge in [0.2, 0.25) is 0 Å². The Morgan fingerprint density at radius 2 is 1.73 bits per heavy atom. The van der Waals surface area contributed by atoms with Crippen LogP contribution in [0.15, 0.2) is 0 Å². The van der Waals surface area contributed by atoms with Crippen LogP contribution < -0.4 is 5.32 Å². The third kappa shape index (κ3) is 2.54. The molecule has 1 N–H and O–H groups in total. The van der Waals surface area contributed by atoms with E-state index in [1.54, 1.807) is 0 Å². The first-order valence-electron chi connectivity index (χ1n) is 6.56. The maximum Gasteiger partial charge on any atom is 0.0130 e. The van der Waals surface area contributed by atoms with Crippen LogP contribution >= 0.6 is 0 Å². The molecule has 2 nitrogen and oxygen atoms in total. The molecule has 0 radical (unpaired) electrons. The van der Waals surface area contributed by atoms with Crippen molar-refractivity contribution in [1.29, 1.82) is 0 Å². The molecule has 1 unspecified atom stereocenters. The van der Waals surface area contributed by atoms with Crippen LogP contribution in [0.2, 0.25) is 0 Å². The van der Waals surface area contributed by atoms with Crippen molar-refractivity contribution in [3.63, 3.8) is 0 Å². The van der Waals surface area contributed by atoms with Crippen molar-refractivity contribution in [3.05, 3.63) is 0 Å². The molecule has 0 bridgehead atoms. The SMILES string of the molecule is CC(C)(C)N1CCCC1C1CCNCC1. The molecule has 0 aliphatic carbocycles. The third-order valence-electron chi connectivity index (χ3n) is 4.09. The summed E-state index contributed by atoms with van der Waals surface area (Å²) in [7, 11) is 0. The van der Waals surface area contributed by atoms with Crippen LogP contribution in [0.4, 0.5) is 0 Å². The fourth-order valence-corrected chi connectivity index (χ4v) is 3.34. The van der Waals surface area contributed by atoms with Crippen LogP contribution in [0.25, 0.3) is 0 Å². The van der Waals surface area contributed by atoms with E-state index in [9.17, 15) is 0 Å². The molecule has 0 amide bonds. The molecule has 2 heteroatoms. The van der Waals surface area contributed by atoms with E-state index >= 15 is 0 Å². The van der Waals surface area contributed by atoms with Gasteiger partial charge in [-0.25, -0.2) is 0 Å². The third-order valence-corrected chi connectivity index (χ3v) is 4.09. The van der Waals surface area contributed by atoms with E-state index in [4.69, 9.17) is 0 Å². The van der Waals surface area contributed by atoms with Gasteiger partial charge in [0, 0.05) is 11.6 Å². The summed E-state index contributed by atoms with van der Waals surface area (Å²) in [6.45, 7) is 10.9. The number of nitrogens with one attached hydrogen (secondary N) is 1. The van der Waals surface area contributed by atoms with Gasteiger partial charge < -0.3 is 5.32 Å². The molecule has 0 aromatic carbocycles. The molecular weight excluding hydrogens is 184 g/mol. The highest BCUT2D eigenvalue weighted by atomic mass is 15.2. The highest BCUT2D eigenvalue weighted by molar-refractivity contribution is 4.92. The topological polar surface area (TPSA) is 15.3 Å². The van der Waals surface area contributed by atoms with Crippen LogP contribution in [-0.4, -0.2) is 36.1 Å². The molecule has 2 rings (SSSR count). The molecule has 2 aliphatic rings. The van der Waals surface area contributed by atoms with Gasteiger partial charge in [-0.05, 0) is 72.0 Å². The molecule has 2 aliphatic heterocycles. The molecule has 2 fully saturated rings. The van der Waals surface area contributed by atoms with Gasteiger partial charge in [0.25, 0.3) is 0 Å². The summed E-state index contributed by atoms with van der Waals surface area (Å²) < 4.78 is 0. The smallest absolute Gasteiger partial charge is 0.0130 e. The fourth-order valence-electron chi connectivity index (χ4n) is 3.34. The maximum atomic E-state index is 3.47. The van der Waals surface area contributed by atoms with Gasteiger partial charge in [-0.2, -0.15) is 0 Å². The lowest BCUT2D eigenvalue weighted by atomic mass is 9.87. The maximum absolute atomic E-state index is 3.47. The van der Waals surface area contributed by atoms with Crippen molar-refractivity contribution in [1.82, 2.24) is 10.2 Å². The molecule has 0 spiro atoms. The Morgan fingerprint density at radius 3 is 2.33 bits per heavy atom. The number of hydrogen-bond donors (Lipinski definition) is 1. The van der Waals surface area contributed by atoms with Gasteiger partial charge in [-0.3, -0.25) is 4.90 Å². The van der Waals surface area contributed by atoms with Crippen LogP contribution in [0.5, 0.6) is 0 Å². The first kappa shape index (κ1) is 11.4. The lowest BCUT2D eigenvalue weighted by Crippen LogP contribution is -2.49. The minimum absolute atomic E-state index is 0.367. The zero-order valence-electron chi connectivity index (χ0n) is 10.6. The van der Waals surface area contributed by atoms with Crippen LogP contribution in [-0.2, 0) is 0 Å². The van der Waals surface area contributed by atoms with Gasteiger partial charge in [-0.15, -0.1) is 0 Å². The number of rotatable bonds is 1. The number of piperidine rings is 1. The normalized spacial score (nSPS) is 31.0. The van der Waals surface area contributed by atoms with E-state index in [2.05, 4.69) is 31.0 Å². The Kier molecular flexibility index (Phi) is 3.36. The van der Waals surface area contributed by atoms with E-state index in [0.29, 0.717) is 5.54 Å². The molecule has 0 saturated carbocycles. The second-order valence-corrected chi connectivity index (χ2v) is 6.16.